The summed E-state index contributed by atoms with van der Waals surface area (Å²) < 4.78 is 0. The third kappa shape index (κ3) is 5.70. The van der Waals surface area contributed by atoms with Gasteiger partial charge in [0.25, 0.3) is 0 Å². The molecule has 0 heterocycles. The van der Waals surface area contributed by atoms with Crippen LogP contribution in [0, 0.1) is 0 Å². The molecular formula is C7H15N. The molecule has 0 atom stereocenters. The van der Waals surface area contributed by atoms with E-state index < -0.39 is 0 Å². The molecule has 0 radical (unpaired) electrons. The number of allylic oxidation sites excluding steroid dienone is 1. The molecule has 0 aromatic carbocycles. The van der Waals surface area contributed by atoms with E-state index in [1.54, 1.807) is 0 Å². The van der Waals surface area contributed by atoms with Gasteiger partial charge in [-0.05, 0) is 26.4 Å². The Labute approximate surface area is 51.8 Å². The molecule has 0 aromatic rings. The molecule has 1 heteroatoms. The molecular weight excluding hydrogens is 98.1 g/mol. The third-order valence-corrected chi connectivity index (χ3v) is 0.963. The molecule has 0 bridgehead atoms. The van der Waals surface area contributed by atoms with E-state index in [9.17, 15) is 0 Å². The van der Waals surface area contributed by atoms with Gasteiger partial charge in [0.2, 0.25) is 0 Å². The highest BCUT2D eigenvalue weighted by atomic mass is 14.8. The lowest BCUT2D eigenvalue weighted by Gasteiger charge is -1.88. The SMILES string of the molecule is CC/C=C/CCNC. The van der Waals surface area contributed by atoms with Crippen LogP contribution < -0.4 is 5.32 Å². The molecule has 0 unspecified atom stereocenters. The van der Waals surface area contributed by atoms with E-state index in [1.165, 1.54) is 0 Å². The quantitative estimate of drug-likeness (QED) is 0.431. The Morgan fingerprint density at radius 1 is 1.38 bits per heavy atom. The number of nitrogens with one attached hydrogen (secondary N) is 1. The van der Waals surface area contributed by atoms with Crippen LogP contribution >= 0.6 is 0 Å². The van der Waals surface area contributed by atoms with Crippen molar-refractivity contribution >= 4 is 0 Å². The Balaban J connectivity index is 2.80. The highest BCUT2D eigenvalue weighted by Gasteiger charge is 1.72. The Morgan fingerprint density at radius 3 is 2.62 bits per heavy atom. The molecule has 0 saturated heterocycles. The van der Waals surface area contributed by atoms with Crippen molar-refractivity contribution in [3.05, 3.63) is 12.2 Å². The molecule has 0 aliphatic rings. The number of hydrogen-bond acceptors (Lipinski definition) is 1. The maximum atomic E-state index is 3.08. The second kappa shape index (κ2) is 6.70. The van der Waals surface area contributed by atoms with Gasteiger partial charge in [-0.1, -0.05) is 19.1 Å². The van der Waals surface area contributed by atoms with Crippen LogP contribution in [0.1, 0.15) is 19.8 Å². The molecule has 8 heavy (non-hydrogen) atoms. The minimum absolute atomic E-state index is 1.09. The lowest BCUT2D eigenvalue weighted by atomic mass is 10.3. The van der Waals surface area contributed by atoms with Crippen molar-refractivity contribution in [3.63, 3.8) is 0 Å². The summed E-state index contributed by atoms with van der Waals surface area (Å²) in [5, 5.41) is 3.08. The van der Waals surface area contributed by atoms with Crippen LogP contribution in [-0.2, 0) is 0 Å². The zero-order valence-corrected chi connectivity index (χ0v) is 5.78. The van der Waals surface area contributed by atoms with Crippen molar-refractivity contribution in [3.8, 4) is 0 Å². The lowest BCUT2D eigenvalue weighted by molar-refractivity contribution is 0.806. The molecule has 0 rings (SSSR count). The summed E-state index contributed by atoms with van der Waals surface area (Å²) in [7, 11) is 1.97. The van der Waals surface area contributed by atoms with Gasteiger partial charge in [0, 0.05) is 0 Å². The van der Waals surface area contributed by atoms with Crippen LogP contribution in [0.4, 0.5) is 0 Å². The van der Waals surface area contributed by atoms with Gasteiger partial charge in [0.05, 0.1) is 0 Å². The van der Waals surface area contributed by atoms with Gasteiger partial charge in [-0.3, -0.25) is 0 Å². The summed E-state index contributed by atoms with van der Waals surface area (Å²) in [5.74, 6) is 0. The van der Waals surface area contributed by atoms with Crippen LogP contribution in [0.25, 0.3) is 0 Å². The fraction of sp³-hybridized carbons (Fsp3) is 0.714. The smallest absolute Gasteiger partial charge is 0.00173 e. The van der Waals surface area contributed by atoms with E-state index in [1.807, 2.05) is 7.05 Å². The fourth-order valence-electron chi connectivity index (χ4n) is 0.512. The van der Waals surface area contributed by atoms with Gasteiger partial charge in [-0.2, -0.15) is 0 Å². The molecule has 0 aliphatic heterocycles. The maximum Gasteiger partial charge on any atom is -0.00173 e. The van der Waals surface area contributed by atoms with Crippen LogP contribution in [0.5, 0.6) is 0 Å². The van der Waals surface area contributed by atoms with Crippen molar-refractivity contribution in [2.45, 2.75) is 19.8 Å². The van der Waals surface area contributed by atoms with Gasteiger partial charge in [-0.25, -0.2) is 0 Å². The van der Waals surface area contributed by atoms with Gasteiger partial charge in [0.15, 0.2) is 0 Å². The highest BCUT2D eigenvalue weighted by Crippen LogP contribution is 1.82. The van der Waals surface area contributed by atoms with E-state index in [4.69, 9.17) is 0 Å². The van der Waals surface area contributed by atoms with Crippen molar-refractivity contribution in [1.82, 2.24) is 5.32 Å². The minimum atomic E-state index is 1.09. The van der Waals surface area contributed by atoms with Gasteiger partial charge < -0.3 is 5.32 Å². The van der Waals surface area contributed by atoms with Crippen LogP contribution in [0.2, 0.25) is 0 Å². The molecule has 0 aromatic heterocycles. The molecule has 1 nitrogen and oxygen atoms in total. The Kier molecular flexibility index (Phi) is 6.45. The normalized spacial score (nSPS) is 10.8. The van der Waals surface area contributed by atoms with Gasteiger partial charge >= 0.3 is 0 Å². The predicted molar refractivity (Wildman–Crippen MR) is 38.0 cm³/mol. The molecule has 1 N–H and O–H groups in total. The first-order chi connectivity index (χ1) is 3.91. The highest BCUT2D eigenvalue weighted by molar-refractivity contribution is 4.80. The van der Waals surface area contributed by atoms with Crippen molar-refractivity contribution < 1.29 is 0 Å². The molecule has 48 valence electrons. The van der Waals surface area contributed by atoms with E-state index >= 15 is 0 Å². The number of hydrogen-bond donors (Lipinski definition) is 1. The van der Waals surface area contributed by atoms with E-state index in [0.29, 0.717) is 0 Å². The maximum absolute atomic E-state index is 3.08. The van der Waals surface area contributed by atoms with E-state index in [2.05, 4.69) is 24.4 Å². The van der Waals surface area contributed by atoms with Crippen LogP contribution in [-0.4, -0.2) is 13.6 Å². The second-order valence-corrected chi connectivity index (χ2v) is 1.77. The molecule has 0 aliphatic carbocycles. The standard InChI is InChI=1S/C7H15N/c1-3-4-5-6-7-8-2/h4-5,8H,3,6-7H2,1-2H3/b5-4+. The lowest BCUT2D eigenvalue weighted by Crippen LogP contribution is -2.05. The summed E-state index contributed by atoms with van der Waals surface area (Å²) in [6.07, 6.45) is 6.71. The fourth-order valence-corrected chi connectivity index (χ4v) is 0.512. The van der Waals surface area contributed by atoms with Gasteiger partial charge in [-0.15, -0.1) is 0 Å². The molecule has 0 spiro atoms. The first kappa shape index (κ1) is 7.70. The average molecular weight is 113 g/mol. The van der Waals surface area contributed by atoms with E-state index in [-0.39, 0.29) is 0 Å². The Hall–Kier alpha value is -0.300. The zero-order valence-electron chi connectivity index (χ0n) is 5.78. The predicted octanol–water partition coefficient (Wildman–Crippen LogP) is 1.56. The first-order valence-electron chi connectivity index (χ1n) is 3.21. The van der Waals surface area contributed by atoms with Gasteiger partial charge in [0.1, 0.15) is 0 Å². The molecule has 0 amide bonds. The largest absolute Gasteiger partial charge is 0.319 e. The summed E-state index contributed by atoms with van der Waals surface area (Å²) in [5.41, 5.74) is 0. The molecule has 0 fully saturated rings. The monoisotopic (exact) mass is 113 g/mol. The number of rotatable bonds is 4. The van der Waals surface area contributed by atoms with Crippen molar-refractivity contribution in [2.24, 2.45) is 0 Å². The average Bonchev–Trinajstić information content (AvgIpc) is 1.81. The summed E-state index contributed by atoms with van der Waals surface area (Å²) >= 11 is 0. The van der Waals surface area contributed by atoms with Crippen LogP contribution in [0.3, 0.4) is 0 Å². The van der Waals surface area contributed by atoms with Crippen LogP contribution in [0.15, 0.2) is 12.2 Å². The summed E-state index contributed by atoms with van der Waals surface area (Å²) in [4.78, 5) is 0. The Morgan fingerprint density at radius 2 is 2.12 bits per heavy atom. The summed E-state index contributed by atoms with van der Waals surface area (Å²) in [6, 6.07) is 0. The van der Waals surface area contributed by atoms with Crippen molar-refractivity contribution in [2.75, 3.05) is 13.6 Å². The van der Waals surface area contributed by atoms with Crippen molar-refractivity contribution in [1.29, 1.82) is 0 Å². The third-order valence-electron chi connectivity index (χ3n) is 0.963. The minimum Gasteiger partial charge on any atom is -0.319 e. The molecule has 0 saturated carbocycles. The second-order valence-electron chi connectivity index (χ2n) is 1.77. The zero-order chi connectivity index (χ0) is 6.24. The summed E-state index contributed by atoms with van der Waals surface area (Å²) in [6.45, 7) is 3.24. The Bertz CT molecular complexity index is 57.4. The topological polar surface area (TPSA) is 12.0 Å². The first-order valence-corrected chi connectivity index (χ1v) is 3.21. The van der Waals surface area contributed by atoms with E-state index in [0.717, 1.165) is 19.4 Å².